The maximum absolute atomic E-state index is 5.09. The van der Waals surface area contributed by atoms with Crippen molar-refractivity contribution >= 4 is 11.5 Å². The van der Waals surface area contributed by atoms with Gasteiger partial charge in [0.25, 0.3) is 0 Å². The van der Waals surface area contributed by atoms with Crippen molar-refractivity contribution in [2.75, 3.05) is 5.32 Å². The van der Waals surface area contributed by atoms with Crippen LogP contribution in [-0.4, -0.2) is 14.6 Å². The Balaban J connectivity index is 1.67. The Morgan fingerprint density at radius 3 is 2.43 bits per heavy atom. The van der Waals surface area contributed by atoms with Gasteiger partial charge < -0.3 is 5.32 Å². The molecule has 28 heavy (non-hydrogen) atoms. The van der Waals surface area contributed by atoms with Gasteiger partial charge in [0, 0.05) is 23.4 Å². The highest BCUT2D eigenvalue weighted by Gasteiger charge is 2.22. The van der Waals surface area contributed by atoms with Crippen molar-refractivity contribution in [2.24, 2.45) is 0 Å². The summed E-state index contributed by atoms with van der Waals surface area (Å²) in [5.74, 6) is 1.11. The summed E-state index contributed by atoms with van der Waals surface area (Å²) in [7, 11) is 0. The van der Waals surface area contributed by atoms with Crippen LogP contribution in [0.4, 0.5) is 5.82 Å². The van der Waals surface area contributed by atoms with E-state index in [0.29, 0.717) is 0 Å². The molecule has 0 radical (unpaired) electrons. The summed E-state index contributed by atoms with van der Waals surface area (Å²) in [6.07, 6.45) is 4.54. The summed E-state index contributed by atoms with van der Waals surface area (Å²) in [4.78, 5) is 5.09. The number of benzene rings is 2. The minimum absolute atomic E-state index is 0.784. The molecule has 0 saturated heterocycles. The van der Waals surface area contributed by atoms with Crippen LogP contribution in [0, 0.1) is 6.92 Å². The summed E-state index contributed by atoms with van der Waals surface area (Å²) in [6, 6.07) is 21.0. The summed E-state index contributed by atoms with van der Waals surface area (Å²) < 4.78 is 2.03. The van der Waals surface area contributed by atoms with E-state index in [1.54, 1.807) is 0 Å². The van der Waals surface area contributed by atoms with Crippen molar-refractivity contribution < 1.29 is 0 Å². The number of nitrogens with one attached hydrogen (secondary N) is 1. The van der Waals surface area contributed by atoms with Crippen molar-refractivity contribution in [2.45, 2.75) is 39.2 Å². The van der Waals surface area contributed by atoms with Gasteiger partial charge in [-0.05, 0) is 43.7 Å². The predicted molar refractivity (Wildman–Crippen MR) is 114 cm³/mol. The number of hydrogen-bond donors (Lipinski definition) is 1. The second-order valence-corrected chi connectivity index (χ2v) is 7.49. The fourth-order valence-electron chi connectivity index (χ4n) is 4.20. The molecule has 1 aliphatic carbocycles. The van der Waals surface area contributed by atoms with Gasteiger partial charge in [0.15, 0.2) is 5.65 Å². The van der Waals surface area contributed by atoms with Crippen LogP contribution in [-0.2, 0) is 19.4 Å². The molecule has 1 aliphatic rings. The van der Waals surface area contributed by atoms with Crippen molar-refractivity contribution in [1.82, 2.24) is 14.6 Å². The van der Waals surface area contributed by atoms with E-state index in [-0.39, 0.29) is 0 Å². The number of aromatic nitrogens is 3. The molecule has 0 bridgehead atoms. The molecule has 4 aromatic rings. The van der Waals surface area contributed by atoms with Crippen LogP contribution in [0.3, 0.4) is 0 Å². The zero-order chi connectivity index (χ0) is 18.9. The van der Waals surface area contributed by atoms with E-state index in [1.807, 2.05) is 10.6 Å². The molecule has 2 aromatic heterocycles. The van der Waals surface area contributed by atoms with E-state index >= 15 is 0 Å². The highest BCUT2D eigenvalue weighted by molar-refractivity contribution is 5.81. The maximum atomic E-state index is 5.09. The second-order valence-electron chi connectivity index (χ2n) is 7.49. The second kappa shape index (κ2) is 7.12. The number of hydrogen-bond acceptors (Lipinski definition) is 3. The number of anilines is 1. The SMILES string of the molecule is Cc1nn2c(NCc3ccccc3)c3c(nc2c1-c1ccccc1)CCCC3. The summed E-state index contributed by atoms with van der Waals surface area (Å²) in [6.45, 7) is 2.86. The smallest absolute Gasteiger partial charge is 0.165 e. The lowest BCUT2D eigenvalue weighted by Crippen LogP contribution is -2.15. The molecular weight excluding hydrogens is 344 g/mol. The van der Waals surface area contributed by atoms with Gasteiger partial charge in [-0.15, -0.1) is 0 Å². The van der Waals surface area contributed by atoms with E-state index in [1.165, 1.54) is 35.2 Å². The van der Waals surface area contributed by atoms with Gasteiger partial charge in [0.2, 0.25) is 0 Å². The first-order valence-corrected chi connectivity index (χ1v) is 10.1. The normalized spacial score (nSPS) is 13.5. The van der Waals surface area contributed by atoms with Crippen LogP contribution in [0.1, 0.15) is 35.4 Å². The molecule has 0 saturated carbocycles. The Kier molecular flexibility index (Phi) is 4.32. The van der Waals surface area contributed by atoms with Gasteiger partial charge >= 0.3 is 0 Å². The average Bonchev–Trinajstić information content (AvgIpc) is 3.08. The highest BCUT2D eigenvalue weighted by atomic mass is 15.3. The molecule has 140 valence electrons. The van der Waals surface area contributed by atoms with Crippen LogP contribution < -0.4 is 5.32 Å². The monoisotopic (exact) mass is 368 g/mol. The lowest BCUT2D eigenvalue weighted by molar-refractivity contribution is 0.661. The van der Waals surface area contributed by atoms with Crippen LogP contribution in [0.5, 0.6) is 0 Å². The number of rotatable bonds is 4. The van der Waals surface area contributed by atoms with Gasteiger partial charge in [0.1, 0.15) is 5.82 Å². The summed E-state index contributed by atoms with van der Waals surface area (Å²) >= 11 is 0. The molecule has 4 heteroatoms. The highest BCUT2D eigenvalue weighted by Crippen LogP contribution is 2.33. The van der Waals surface area contributed by atoms with Gasteiger partial charge in [0.05, 0.1) is 5.69 Å². The van der Waals surface area contributed by atoms with E-state index in [2.05, 4.69) is 66.8 Å². The standard InChI is InChI=1S/C24H24N4/c1-17-22(19-12-6-3-7-13-19)24-26-21-15-9-8-14-20(21)23(28(24)27-17)25-16-18-10-4-2-5-11-18/h2-7,10-13,25H,8-9,14-16H2,1H3. The fraction of sp³-hybridized carbons (Fsp3) is 0.250. The molecule has 0 unspecified atom stereocenters. The van der Waals surface area contributed by atoms with Crippen LogP contribution >= 0.6 is 0 Å². The Morgan fingerprint density at radius 2 is 1.64 bits per heavy atom. The average molecular weight is 368 g/mol. The summed E-state index contributed by atoms with van der Waals surface area (Å²) in [5.41, 5.74) is 8.11. The predicted octanol–water partition coefficient (Wildman–Crippen LogP) is 5.20. The molecule has 0 aliphatic heterocycles. The van der Waals surface area contributed by atoms with E-state index in [9.17, 15) is 0 Å². The first-order valence-electron chi connectivity index (χ1n) is 10.1. The van der Waals surface area contributed by atoms with Crippen LogP contribution in [0.15, 0.2) is 60.7 Å². The molecule has 1 N–H and O–H groups in total. The molecule has 0 spiro atoms. The van der Waals surface area contributed by atoms with Gasteiger partial charge in [-0.2, -0.15) is 9.61 Å². The van der Waals surface area contributed by atoms with Crippen LogP contribution in [0.2, 0.25) is 0 Å². The Hall–Kier alpha value is -3.14. The molecule has 0 fully saturated rings. The van der Waals surface area contributed by atoms with E-state index in [0.717, 1.165) is 42.1 Å². The molecule has 4 nitrogen and oxygen atoms in total. The minimum atomic E-state index is 0.784. The number of fused-ring (bicyclic) bond motifs is 2. The van der Waals surface area contributed by atoms with Crippen molar-refractivity contribution in [1.29, 1.82) is 0 Å². The third-order valence-electron chi connectivity index (χ3n) is 5.58. The van der Waals surface area contributed by atoms with Crippen LogP contribution in [0.25, 0.3) is 16.8 Å². The lowest BCUT2D eigenvalue weighted by Gasteiger charge is -2.20. The molecule has 2 aromatic carbocycles. The zero-order valence-corrected chi connectivity index (χ0v) is 16.2. The topological polar surface area (TPSA) is 42.2 Å². The third-order valence-corrected chi connectivity index (χ3v) is 5.58. The lowest BCUT2D eigenvalue weighted by atomic mass is 9.96. The van der Waals surface area contributed by atoms with Gasteiger partial charge in [-0.1, -0.05) is 60.7 Å². The Labute approximate surface area is 165 Å². The van der Waals surface area contributed by atoms with E-state index < -0.39 is 0 Å². The maximum Gasteiger partial charge on any atom is 0.165 e. The first kappa shape index (κ1) is 17.0. The number of nitrogens with zero attached hydrogens (tertiary/aromatic N) is 3. The molecular formula is C24H24N4. The van der Waals surface area contributed by atoms with Crippen molar-refractivity contribution in [3.8, 4) is 11.1 Å². The largest absolute Gasteiger partial charge is 0.366 e. The Morgan fingerprint density at radius 1 is 0.929 bits per heavy atom. The first-order chi connectivity index (χ1) is 13.8. The summed E-state index contributed by atoms with van der Waals surface area (Å²) in [5, 5.41) is 8.59. The van der Waals surface area contributed by atoms with Gasteiger partial charge in [-0.25, -0.2) is 4.98 Å². The quantitative estimate of drug-likeness (QED) is 0.539. The molecule has 0 atom stereocenters. The Bertz CT molecular complexity index is 1110. The van der Waals surface area contributed by atoms with Gasteiger partial charge in [-0.3, -0.25) is 0 Å². The zero-order valence-electron chi connectivity index (χ0n) is 16.2. The molecule has 2 heterocycles. The fourth-order valence-corrected chi connectivity index (χ4v) is 4.20. The number of aryl methyl sites for hydroxylation is 2. The van der Waals surface area contributed by atoms with Crippen molar-refractivity contribution in [3.63, 3.8) is 0 Å². The minimum Gasteiger partial charge on any atom is -0.366 e. The molecule has 0 amide bonds. The van der Waals surface area contributed by atoms with Crippen molar-refractivity contribution in [3.05, 3.63) is 83.2 Å². The third kappa shape index (κ3) is 2.95. The molecule has 5 rings (SSSR count). The van der Waals surface area contributed by atoms with E-state index in [4.69, 9.17) is 10.1 Å².